The van der Waals surface area contributed by atoms with Crippen LogP contribution in [0, 0.1) is 13.8 Å². The molecule has 0 saturated carbocycles. The van der Waals surface area contributed by atoms with Crippen molar-refractivity contribution >= 4 is 44.5 Å². The lowest BCUT2D eigenvalue weighted by Gasteiger charge is -2.14. The summed E-state index contributed by atoms with van der Waals surface area (Å²) in [6.07, 6.45) is 1.22. The fraction of sp³-hybridized carbons (Fsp3) is 0.150. The van der Waals surface area contributed by atoms with E-state index in [1.807, 2.05) is 32.0 Å². The van der Waals surface area contributed by atoms with Crippen molar-refractivity contribution in [3.05, 3.63) is 66.0 Å². The topological polar surface area (TPSA) is 105 Å². The molecule has 2 aromatic carbocycles. The maximum Gasteiger partial charge on any atom is 0.263 e. The van der Waals surface area contributed by atoms with Gasteiger partial charge in [-0.2, -0.15) is 0 Å². The van der Waals surface area contributed by atoms with Crippen molar-refractivity contribution in [3.8, 4) is 5.88 Å². The lowest BCUT2D eigenvalue weighted by Crippen LogP contribution is -2.20. The molecule has 0 fully saturated rings. The van der Waals surface area contributed by atoms with Crippen LogP contribution in [0.5, 0.6) is 5.88 Å². The molecule has 30 heavy (non-hydrogen) atoms. The number of sulfonamides is 1. The van der Waals surface area contributed by atoms with Crippen LogP contribution in [-0.2, 0) is 10.0 Å². The Kier molecular flexibility index (Phi) is 6.48. The van der Waals surface area contributed by atoms with Crippen LogP contribution < -0.4 is 20.1 Å². The van der Waals surface area contributed by atoms with Gasteiger partial charge >= 0.3 is 0 Å². The summed E-state index contributed by atoms with van der Waals surface area (Å²) in [5.74, 6) is 0.370. The van der Waals surface area contributed by atoms with Gasteiger partial charge in [0.2, 0.25) is 5.88 Å². The summed E-state index contributed by atoms with van der Waals surface area (Å²) in [6, 6.07) is 13.7. The van der Waals surface area contributed by atoms with Crippen LogP contribution in [0.25, 0.3) is 0 Å². The average molecular weight is 444 g/mol. The molecule has 0 aliphatic carbocycles. The van der Waals surface area contributed by atoms with Crippen molar-refractivity contribution in [3.63, 3.8) is 0 Å². The molecule has 1 aromatic heterocycles. The normalized spacial score (nSPS) is 10.9. The third-order valence-electron chi connectivity index (χ3n) is 4.15. The van der Waals surface area contributed by atoms with Gasteiger partial charge in [0.1, 0.15) is 12.1 Å². The highest BCUT2D eigenvalue weighted by atomic mass is 32.2. The van der Waals surface area contributed by atoms with Gasteiger partial charge in [-0.15, -0.1) is 0 Å². The van der Waals surface area contributed by atoms with Crippen molar-refractivity contribution < 1.29 is 13.2 Å². The Hall–Kier alpha value is -3.24. The Morgan fingerprint density at radius 1 is 1.00 bits per heavy atom. The number of rotatable bonds is 6. The molecule has 10 heteroatoms. The predicted molar refractivity (Wildman–Crippen MR) is 122 cm³/mol. The Morgan fingerprint density at radius 2 is 1.73 bits per heavy atom. The van der Waals surface area contributed by atoms with Gasteiger partial charge in [-0.3, -0.25) is 4.72 Å². The first-order chi connectivity index (χ1) is 14.3. The van der Waals surface area contributed by atoms with Crippen LogP contribution in [0.1, 0.15) is 11.1 Å². The number of aryl methyl sites for hydroxylation is 2. The molecule has 3 rings (SSSR count). The number of anilines is 3. The minimum Gasteiger partial charge on any atom is -0.481 e. The van der Waals surface area contributed by atoms with Crippen molar-refractivity contribution in [1.82, 2.24) is 9.97 Å². The number of nitrogens with zero attached hydrogens (tertiary/aromatic N) is 2. The van der Waals surface area contributed by atoms with Crippen LogP contribution >= 0.6 is 12.2 Å². The second-order valence-corrected chi connectivity index (χ2v) is 8.56. The van der Waals surface area contributed by atoms with Gasteiger partial charge < -0.3 is 15.4 Å². The lowest BCUT2D eigenvalue weighted by molar-refractivity contribution is 0.397. The molecular formula is C20H21N5O3S2. The summed E-state index contributed by atoms with van der Waals surface area (Å²) in [7, 11) is -2.38. The zero-order valence-corrected chi connectivity index (χ0v) is 18.3. The van der Waals surface area contributed by atoms with Crippen LogP contribution in [0.4, 0.5) is 17.2 Å². The van der Waals surface area contributed by atoms with Gasteiger partial charge in [-0.1, -0.05) is 12.1 Å². The fourth-order valence-corrected chi connectivity index (χ4v) is 3.80. The number of hydrogen-bond donors (Lipinski definition) is 3. The minimum atomic E-state index is -3.81. The molecule has 0 aliphatic heterocycles. The fourth-order valence-electron chi connectivity index (χ4n) is 2.58. The van der Waals surface area contributed by atoms with Gasteiger partial charge in [0.15, 0.2) is 5.11 Å². The molecule has 8 nitrogen and oxygen atoms in total. The molecule has 0 aliphatic rings. The highest BCUT2D eigenvalue weighted by Gasteiger charge is 2.15. The molecule has 1 heterocycles. The van der Waals surface area contributed by atoms with E-state index in [0.717, 1.165) is 16.8 Å². The second-order valence-electron chi connectivity index (χ2n) is 6.47. The third kappa shape index (κ3) is 5.43. The Balaban J connectivity index is 1.67. The summed E-state index contributed by atoms with van der Waals surface area (Å²) in [5.41, 5.74) is 3.75. The van der Waals surface area contributed by atoms with Crippen LogP contribution in [-0.4, -0.2) is 30.6 Å². The zero-order valence-electron chi connectivity index (χ0n) is 16.6. The van der Waals surface area contributed by atoms with E-state index in [-0.39, 0.29) is 16.6 Å². The number of hydrogen-bond acceptors (Lipinski definition) is 6. The van der Waals surface area contributed by atoms with E-state index in [9.17, 15) is 8.42 Å². The van der Waals surface area contributed by atoms with E-state index in [1.54, 1.807) is 12.1 Å². The van der Waals surface area contributed by atoms with Crippen LogP contribution in [0.3, 0.4) is 0 Å². The summed E-state index contributed by atoms with van der Waals surface area (Å²) in [5, 5.41) is 6.61. The van der Waals surface area contributed by atoms with Gasteiger partial charge in [-0.25, -0.2) is 18.4 Å². The van der Waals surface area contributed by atoms with Crippen LogP contribution in [0.15, 0.2) is 59.8 Å². The first kappa shape index (κ1) is 21.5. The van der Waals surface area contributed by atoms with E-state index in [2.05, 4.69) is 25.3 Å². The van der Waals surface area contributed by atoms with E-state index < -0.39 is 10.0 Å². The molecule has 0 saturated heterocycles. The summed E-state index contributed by atoms with van der Waals surface area (Å²) >= 11 is 5.36. The Labute approximate surface area is 180 Å². The van der Waals surface area contributed by atoms with Gasteiger partial charge in [-0.05, 0) is 67.5 Å². The quantitative estimate of drug-likeness (QED) is 0.495. The van der Waals surface area contributed by atoms with Crippen LogP contribution in [0.2, 0.25) is 0 Å². The largest absolute Gasteiger partial charge is 0.481 e. The Bertz CT molecular complexity index is 1170. The lowest BCUT2D eigenvalue weighted by atomic mass is 10.1. The molecule has 0 atom stereocenters. The molecule has 0 bridgehead atoms. The maximum absolute atomic E-state index is 12.6. The summed E-state index contributed by atoms with van der Waals surface area (Å²) < 4.78 is 32.5. The van der Waals surface area contributed by atoms with Crippen molar-refractivity contribution in [2.75, 3.05) is 22.5 Å². The standard InChI is InChI=1S/C20H21N5O3S2/c1-13-4-5-14(2)17(10-13)24-20(29)23-15-6-8-16(9-7-15)30(26,27)25-18-11-19(28-3)22-12-21-18/h4-12H,1-3H3,(H,21,22,25)(H2,23,24,29). The molecule has 0 unspecified atom stereocenters. The third-order valence-corrected chi connectivity index (χ3v) is 5.73. The second kappa shape index (κ2) is 9.06. The molecule has 3 aromatic rings. The molecule has 0 amide bonds. The first-order valence-electron chi connectivity index (χ1n) is 8.91. The number of methoxy groups -OCH3 is 1. The van der Waals surface area contributed by atoms with Gasteiger partial charge in [0.05, 0.1) is 12.0 Å². The average Bonchev–Trinajstić information content (AvgIpc) is 2.71. The number of thiocarbonyl (C=S) groups is 1. The SMILES string of the molecule is COc1cc(NS(=O)(=O)c2ccc(NC(=S)Nc3cc(C)ccc3C)cc2)ncn1. The number of ether oxygens (including phenoxy) is 1. The van der Waals surface area contributed by atoms with Crippen molar-refractivity contribution in [2.45, 2.75) is 18.7 Å². The summed E-state index contributed by atoms with van der Waals surface area (Å²) in [6.45, 7) is 4.00. The van der Waals surface area contributed by atoms with E-state index in [0.29, 0.717) is 10.8 Å². The van der Waals surface area contributed by atoms with Gasteiger partial charge in [0.25, 0.3) is 10.0 Å². The monoisotopic (exact) mass is 443 g/mol. The molecule has 0 radical (unpaired) electrons. The molecular weight excluding hydrogens is 422 g/mol. The van der Waals surface area contributed by atoms with E-state index >= 15 is 0 Å². The highest BCUT2D eigenvalue weighted by molar-refractivity contribution is 7.92. The molecule has 156 valence electrons. The minimum absolute atomic E-state index is 0.0824. The number of nitrogens with one attached hydrogen (secondary N) is 3. The Morgan fingerprint density at radius 3 is 2.43 bits per heavy atom. The van der Waals surface area contributed by atoms with Gasteiger partial charge in [0, 0.05) is 17.4 Å². The van der Waals surface area contributed by atoms with E-state index in [4.69, 9.17) is 17.0 Å². The maximum atomic E-state index is 12.6. The first-order valence-corrected chi connectivity index (χ1v) is 10.8. The van der Waals surface area contributed by atoms with Crippen molar-refractivity contribution in [2.24, 2.45) is 0 Å². The zero-order chi connectivity index (χ0) is 21.7. The highest BCUT2D eigenvalue weighted by Crippen LogP contribution is 2.20. The number of benzene rings is 2. The van der Waals surface area contributed by atoms with Crippen molar-refractivity contribution in [1.29, 1.82) is 0 Å². The predicted octanol–water partition coefficient (Wildman–Crippen LogP) is 3.71. The molecule has 3 N–H and O–H groups in total. The summed E-state index contributed by atoms with van der Waals surface area (Å²) in [4.78, 5) is 7.82. The molecule has 0 spiro atoms. The van der Waals surface area contributed by atoms with E-state index in [1.165, 1.54) is 31.6 Å². The smallest absolute Gasteiger partial charge is 0.263 e. The number of aromatic nitrogens is 2.